The molecular formula is C18H27N2O3+. The maximum atomic E-state index is 11.9. The summed E-state index contributed by atoms with van der Waals surface area (Å²) in [7, 11) is 0. The van der Waals surface area contributed by atoms with Crippen LogP contribution in [-0.4, -0.2) is 37.9 Å². The SMILES string of the molecule is CCOC(=O)/C(C#N)=C/C1=C([NH+]2CCCC2)C[C@@](C)(CC)OC1. The standard InChI is InChI=1S/C18H26N2O3/c1-4-18(3)11-16(20-8-6-7-9-20)15(13-23-18)10-14(12-19)17(21)22-5-2/h10H,4-9,11,13H2,1-3H3/p+1/b14-10+/t18-/m1/s1. The summed E-state index contributed by atoms with van der Waals surface area (Å²) in [6.45, 7) is 8.97. The summed E-state index contributed by atoms with van der Waals surface area (Å²) < 4.78 is 11.0. The van der Waals surface area contributed by atoms with Gasteiger partial charge in [-0.2, -0.15) is 5.26 Å². The van der Waals surface area contributed by atoms with Gasteiger partial charge in [-0.05, 0) is 26.3 Å². The molecule has 0 spiro atoms. The number of nitriles is 1. The number of carbonyl (C=O) groups excluding carboxylic acids is 1. The average Bonchev–Trinajstić information content (AvgIpc) is 3.08. The number of hydrogen-bond donors (Lipinski definition) is 1. The Morgan fingerprint density at radius 1 is 1.43 bits per heavy atom. The first-order valence-electron chi connectivity index (χ1n) is 8.53. The van der Waals surface area contributed by atoms with Crippen molar-refractivity contribution >= 4 is 5.97 Å². The number of rotatable bonds is 5. The lowest BCUT2D eigenvalue weighted by molar-refractivity contribution is -0.850. The Morgan fingerprint density at radius 2 is 2.13 bits per heavy atom. The number of carbonyl (C=O) groups is 1. The zero-order valence-corrected chi connectivity index (χ0v) is 14.4. The summed E-state index contributed by atoms with van der Waals surface area (Å²) >= 11 is 0. The third-order valence-electron chi connectivity index (χ3n) is 4.83. The van der Waals surface area contributed by atoms with E-state index in [0.29, 0.717) is 6.61 Å². The van der Waals surface area contributed by atoms with Crippen molar-refractivity contribution in [1.82, 2.24) is 0 Å². The molecule has 1 atom stereocenters. The summed E-state index contributed by atoms with van der Waals surface area (Å²) in [4.78, 5) is 13.3. The van der Waals surface area contributed by atoms with Crippen LogP contribution in [0.3, 0.4) is 0 Å². The molecule has 0 unspecified atom stereocenters. The molecule has 1 saturated heterocycles. The first-order chi connectivity index (χ1) is 11.0. The maximum absolute atomic E-state index is 11.9. The number of likely N-dealkylation sites (tertiary alicyclic amines) is 1. The Kier molecular flexibility index (Phi) is 5.97. The van der Waals surface area contributed by atoms with Crippen molar-refractivity contribution in [2.45, 2.75) is 52.1 Å². The number of esters is 1. The van der Waals surface area contributed by atoms with E-state index >= 15 is 0 Å². The predicted octanol–water partition coefficient (Wildman–Crippen LogP) is 1.52. The number of ether oxygens (including phenoxy) is 2. The van der Waals surface area contributed by atoms with E-state index in [1.165, 1.54) is 23.4 Å². The van der Waals surface area contributed by atoms with Gasteiger partial charge in [0.15, 0.2) is 0 Å². The lowest BCUT2D eigenvalue weighted by Crippen LogP contribution is -3.08. The largest absolute Gasteiger partial charge is 0.462 e. The summed E-state index contributed by atoms with van der Waals surface area (Å²) in [6, 6.07) is 1.97. The molecule has 0 aliphatic carbocycles. The molecule has 2 rings (SSSR count). The smallest absolute Gasteiger partial charge is 0.348 e. The van der Waals surface area contributed by atoms with Gasteiger partial charge in [0.2, 0.25) is 0 Å². The second-order valence-electron chi connectivity index (χ2n) is 6.47. The minimum atomic E-state index is -0.554. The van der Waals surface area contributed by atoms with Crippen LogP contribution >= 0.6 is 0 Å². The molecule has 0 aromatic rings. The molecule has 0 bridgehead atoms. The molecule has 2 aliphatic rings. The number of hydrogen-bond acceptors (Lipinski definition) is 4. The van der Waals surface area contributed by atoms with E-state index in [2.05, 4.69) is 13.8 Å². The topological polar surface area (TPSA) is 63.8 Å². The van der Waals surface area contributed by atoms with Crippen LogP contribution in [0.1, 0.15) is 46.5 Å². The van der Waals surface area contributed by atoms with Gasteiger partial charge >= 0.3 is 5.97 Å². The van der Waals surface area contributed by atoms with Crippen LogP contribution in [0.25, 0.3) is 0 Å². The van der Waals surface area contributed by atoms with Gasteiger partial charge in [0.25, 0.3) is 0 Å². The Balaban J connectivity index is 2.35. The number of quaternary nitrogens is 1. The fourth-order valence-electron chi connectivity index (χ4n) is 3.21. The zero-order valence-electron chi connectivity index (χ0n) is 14.4. The lowest BCUT2D eigenvalue weighted by atomic mass is 9.90. The Hall–Kier alpha value is -1.64. The lowest BCUT2D eigenvalue weighted by Gasteiger charge is -2.36. The highest BCUT2D eigenvalue weighted by molar-refractivity contribution is 5.93. The molecule has 0 aromatic heterocycles. The molecule has 0 aromatic carbocycles. The van der Waals surface area contributed by atoms with E-state index in [9.17, 15) is 10.1 Å². The van der Waals surface area contributed by atoms with Gasteiger partial charge in [-0.3, -0.25) is 0 Å². The third-order valence-corrected chi connectivity index (χ3v) is 4.83. The highest BCUT2D eigenvalue weighted by atomic mass is 16.5. The number of nitrogens with zero attached hydrogens (tertiary/aromatic N) is 1. The molecule has 0 amide bonds. The van der Waals surface area contributed by atoms with Crippen molar-refractivity contribution in [3.05, 3.63) is 22.9 Å². The normalized spacial score (nSPS) is 26.3. The first kappa shape index (κ1) is 17.7. The van der Waals surface area contributed by atoms with Crippen LogP contribution in [0.15, 0.2) is 22.9 Å². The van der Waals surface area contributed by atoms with E-state index in [-0.39, 0.29) is 17.8 Å². The first-order valence-corrected chi connectivity index (χ1v) is 8.53. The molecule has 5 nitrogen and oxygen atoms in total. The fourth-order valence-corrected chi connectivity index (χ4v) is 3.21. The zero-order chi connectivity index (χ0) is 16.9. The van der Waals surface area contributed by atoms with Crippen LogP contribution in [0.5, 0.6) is 0 Å². The molecule has 1 N–H and O–H groups in total. The van der Waals surface area contributed by atoms with E-state index in [1.807, 2.05) is 6.07 Å². The molecule has 126 valence electrons. The number of nitrogens with one attached hydrogen (secondary N) is 1. The van der Waals surface area contributed by atoms with Crippen LogP contribution in [0.4, 0.5) is 0 Å². The van der Waals surface area contributed by atoms with Crippen molar-refractivity contribution < 1.29 is 19.2 Å². The van der Waals surface area contributed by atoms with E-state index < -0.39 is 5.97 Å². The molecule has 2 aliphatic heterocycles. The monoisotopic (exact) mass is 319 g/mol. The Bertz CT molecular complexity index is 553. The molecule has 2 heterocycles. The molecular weight excluding hydrogens is 292 g/mol. The predicted molar refractivity (Wildman–Crippen MR) is 86.6 cm³/mol. The van der Waals surface area contributed by atoms with Crippen molar-refractivity contribution in [2.24, 2.45) is 0 Å². The maximum Gasteiger partial charge on any atom is 0.348 e. The van der Waals surface area contributed by atoms with Gasteiger partial charge in [0.05, 0.1) is 38.3 Å². The average molecular weight is 319 g/mol. The van der Waals surface area contributed by atoms with E-state index in [1.54, 1.807) is 13.0 Å². The van der Waals surface area contributed by atoms with Crippen molar-refractivity contribution in [3.8, 4) is 6.07 Å². The van der Waals surface area contributed by atoms with Crippen molar-refractivity contribution in [3.63, 3.8) is 0 Å². The molecule has 1 fully saturated rings. The van der Waals surface area contributed by atoms with Crippen LogP contribution < -0.4 is 4.90 Å². The second-order valence-corrected chi connectivity index (χ2v) is 6.47. The Labute approximate surface area is 138 Å². The van der Waals surface area contributed by atoms with Gasteiger partial charge in [0, 0.05) is 18.4 Å². The Morgan fingerprint density at radius 3 is 2.70 bits per heavy atom. The van der Waals surface area contributed by atoms with Gasteiger partial charge in [-0.15, -0.1) is 0 Å². The minimum Gasteiger partial charge on any atom is -0.462 e. The van der Waals surface area contributed by atoms with Crippen LogP contribution in [0, 0.1) is 11.3 Å². The molecule has 0 radical (unpaired) electrons. The van der Waals surface area contributed by atoms with Crippen LogP contribution in [-0.2, 0) is 14.3 Å². The molecule has 5 heteroatoms. The summed E-state index contributed by atoms with van der Waals surface area (Å²) in [5.74, 6) is -0.554. The van der Waals surface area contributed by atoms with Gasteiger partial charge in [-0.25, -0.2) is 4.79 Å². The van der Waals surface area contributed by atoms with Gasteiger partial charge < -0.3 is 14.4 Å². The quantitative estimate of drug-likeness (QED) is 0.474. The molecule has 0 saturated carbocycles. The second kappa shape index (κ2) is 7.76. The van der Waals surface area contributed by atoms with Crippen molar-refractivity contribution in [1.29, 1.82) is 5.26 Å². The fraction of sp³-hybridized carbons (Fsp3) is 0.667. The highest BCUT2D eigenvalue weighted by Crippen LogP contribution is 2.30. The summed E-state index contributed by atoms with van der Waals surface area (Å²) in [6.07, 6.45) is 5.93. The summed E-state index contributed by atoms with van der Waals surface area (Å²) in [5.41, 5.74) is 2.17. The van der Waals surface area contributed by atoms with E-state index in [0.717, 1.165) is 31.5 Å². The van der Waals surface area contributed by atoms with Gasteiger partial charge in [-0.1, -0.05) is 6.92 Å². The van der Waals surface area contributed by atoms with Gasteiger partial charge in [0.1, 0.15) is 17.3 Å². The third kappa shape index (κ3) is 4.21. The minimum absolute atomic E-state index is 0.0571. The highest BCUT2D eigenvalue weighted by Gasteiger charge is 2.36. The van der Waals surface area contributed by atoms with Crippen LogP contribution in [0.2, 0.25) is 0 Å². The van der Waals surface area contributed by atoms with Crippen molar-refractivity contribution in [2.75, 3.05) is 26.3 Å². The summed E-state index contributed by atoms with van der Waals surface area (Å²) in [5, 5.41) is 9.26. The molecule has 23 heavy (non-hydrogen) atoms. The van der Waals surface area contributed by atoms with E-state index in [4.69, 9.17) is 9.47 Å².